The molecule has 3 aromatic rings. The van der Waals surface area contributed by atoms with Crippen LogP contribution in [0.25, 0.3) is 5.65 Å². The zero-order valence-corrected chi connectivity index (χ0v) is 12.2. The Hall–Kier alpha value is -3.02. The molecular weight excluding hydrogens is 280 g/mol. The number of rotatable bonds is 3. The Balaban J connectivity index is 2.14. The predicted octanol–water partition coefficient (Wildman–Crippen LogP) is 4.06. The van der Waals surface area contributed by atoms with E-state index in [1.54, 1.807) is 10.5 Å². The van der Waals surface area contributed by atoms with E-state index in [-0.39, 0.29) is 11.5 Å². The molecule has 0 atom stereocenters. The number of hydrogen-bond acceptors (Lipinski definition) is 4. The molecule has 0 aliphatic rings. The number of imidazole rings is 1. The lowest BCUT2D eigenvalue weighted by atomic mass is 10.2. The molecule has 0 fully saturated rings. The highest BCUT2D eigenvalue weighted by atomic mass is 16.4. The normalized spacial score (nSPS) is 11.4. The fourth-order valence-corrected chi connectivity index (χ4v) is 2.19. The summed E-state index contributed by atoms with van der Waals surface area (Å²) in [5, 5.41) is 17.6. The molecule has 0 amide bonds. The fourth-order valence-electron chi connectivity index (χ4n) is 2.19. The molecule has 6 nitrogen and oxygen atoms in total. The van der Waals surface area contributed by atoms with Crippen molar-refractivity contribution in [3.05, 3.63) is 59.4 Å². The van der Waals surface area contributed by atoms with Gasteiger partial charge in [0.05, 0.1) is 5.69 Å². The van der Waals surface area contributed by atoms with E-state index in [2.05, 4.69) is 15.2 Å². The van der Waals surface area contributed by atoms with Crippen molar-refractivity contribution in [3.63, 3.8) is 0 Å². The van der Waals surface area contributed by atoms with Gasteiger partial charge in [-0.3, -0.25) is 4.40 Å². The maximum absolute atomic E-state index is 11.4. The van der Waals surface area contributed by atoms with Gasteiger partial charge >= 0.3 is 5.97 Å². The van der Waals surface area contributed by atoms with E-state index in [1.165, 1.54) is 0 Å². The van der Waals surface area contributed by atoms with Crippen LogP contribution in [0.15, 0.2) is 52.7 Å². The topological polar surface area (TPSA) is 79.3 Å². The lowest BCUT2D eigenvalue weighted by molar-refractivity contribution is 0.0692. The second-order valence-electron chi connectivity index (χ2n) is 4.99. The molecule has 3 rings (SSSR count). The first-order chi connectivity index (χ1) is 10.6. The third-order valence-electron chi connectivity index (χ3n) is 3.31. The summed E-state index contributed by atoms with van der Waals surface area (Å²) in [6, 6.07) is 12.9. The fraction of sp³-hybridized carbons (Fsp3) is 0.125. The molecule has 2 heterocycles. The van der Waals surface area contributed by atoms with Crippen molar-refractivity contribution in [2.45, 2.75) is 13.8 Å². The van der Waals surface area contributed by atoms with Gasteiger partial charge in [0.2, 0.25) is 0 Å². The van der Waals surface area contributed by atoms with Crippen LogP contribution < -0.4 is 0 Å². The molecule has 110 valence electrons. The number of carboxylic acid groups (broad SMARTS) is 1. The van der Waals surface area contributed by atoms with Gasteiger partial charge in [0.1, 0.15) is 5.65 Å². The molecule has 0 bridgehead atoms. The summed E-state index contributed by atoms with van der Waals surface area (Å²) in [5.74, 6) is -0.901. The maximum atomic E-state index is 11.4. The van der Waals surface area contributed by atoms with Crippen LogP contribution in [0.4, 0.5) is 11.5 Å². The van der Waals surface area contributed by atoms with Crippen molar-refractivity contribution >= 4 is 23.1 Å². The molecule has 0 radical (unpaired) electrons. The third kappa shape index (κ3) is 2.46. The molecular formula is C16H14N4O2. The molecule has 0 spiro atoms. The average Bonchev–Trinajstić information content (AvgIpc) is 2.87. The minimum Gasteiger partial charge on any atom is -0.476 e. The Morgan fingerprint density at radius 2 is 1.82 bits per heavy atom. The molecule has 0 unspecified atom stereocenters. The van der Waals surface area contributed by atoms with Gasteiger partial charge in [-0.05, 0) is 38.1 Å². The van der Waals surface area contributed by atoms with E-state index in [0.717, 1.165) is 11.3 Å². The second-order valence-corrected chi connectivity index (χ2v) is 4.99. The van der Waals surface area contributed by atoms with Crippen LogP contribution in [-0.2, 0) is 0 Å². The molecule has 1 aromatic carbocycles. The lowest BCUT2D eigenvalue weighted by Crippen LogP contribution is -1.97. The molecule has 6 heteroatoms. The van der Waals surface area contributed by atoms with Crippen molar-refractivity contribution < 1.29 is 9.90 Å². The molecule has 0 saturated carbocycles. The summed E-state index contributed by atoms with van der Waals surface area (Å²) >= 11 is 0. The number of nitrogens with zero attached hydrogens (tertiary/aromatic N) is 4. The molecule has 1 N–H and O–H groups in total. The third-order valence-corrected chi connectivity index (χ3v) is 3.31. The van der Waals surface area contributed by atoms with Crippen molar-refractivity contribution in [1.82, 2.24) is 9.38 Å². The minimum atomic E-state index is -1.12. The number of benzene rings is 1. The van der Waals surface area contributed by atoms with Crippen LogP contribution in [0.2, 0.25) is 0 Å². The van der Waals surface area contributed by atoms with Crippen LogP contribution in [0, 0.1) is 13.8 Å². The molecule has 22 heavy (non-hydrogen) atoms. The Morgan fingerprint density at radius 3 is 2.50 bits per heavy atom. The number of azo groups is 1. The Morgan fingerprint density at radius 1 is 1.09 bits per heavy atom. The number of carboxylic acids is 1. The SMILES string of the molecule is Cc1ccc(N=Nc2c(C(=O)O)nc3cccc(C)n23)cc1. The zero-order chi connectivity index (χ0) is 15.7. The van der Waals surface area contributed by atoms with Crippen molar-refractivity contribution in [1.29, 1.82) is 0 Å². The number of aromatic carboxylic acids is 1. The first kappa shape index (κ1) is 13.9. The van der Waals surface area contributed by atoms with Gasteiger partial charge in [0, 0.05) is 5.69 Å². The van der Waals surface area contributed by atoms with E-state index < -0.39 is 5.97 Å². The lowest BCUT2D eigenvalue weighted by Gasteiger charge is -2.01. The highest BCUT2D eigenvalue weighted by Gasteiger charge is 2.19. The number of aryl methyl sites for hydroxylation is 2. The summed E-state index contributed by atoms with van der Waals surface area (Å²) in [5.41, 5.74) is 3.05. The Labute approximate surface area is 126 Å². The summed E-state index contributed by atoms with van der Waals surface area (Å²) in [4.78, 5) is 15.5. The number of hydrogen-bond donors (Lipinski definition) is 1. The first-order valence-corrected chi connectivity index (χ1v) is 6.76. The standard InChI is InChI=1S/C16H14N4O2/c1-10-6-8-12(9-7-10)18-19-15-14(16(21)22)17-13-5-3-4-11(2)20(13)15/h3-9H,1-2H3,(H,21,22). The largest absolute Gasteiger partial charge is 0.476 e. The quantitative estimate of drug-likeness (QED) is 0.739. The van der Waals surface area contributed by atoms with Crippen LogP contribution in [0.1, 0.15) is 21.7 Å². The van der Waals surface area contributed by atoms with E-state index in [0.29, 0.717) is 11.3 Å². The van der Waals surface area contributed by atoms with Gasteiger partial charge in [-0.15, -0.1) is 10.2 Å². The van der Waals surface area contributed by atoms with Gasteiger partial charge in [0.25, 0.3) is 0 Å². The van der Waals surface area contributed by atoms with Gasteiger partial charge < -0.3 is 5.11 Å². The Kier molecular flexibility index (Phi) is 3.42. The van der Waals surface area contributed by atoms with E-state index >= 15 is 0 Å². The molecule has 2 aromatic heterocycles. The van der Waals surface area contributed by atoms with E-state index in [9.17, 15) is 9.90 Å². The highest BCUT2D eigenvalue weighted by Crippen LogP contribution is 2.25. The van der Waals surface area contributed by atoms with Gasteiger partial charge in [-0.25, -0.2) is 9.78 Å². The van der Waals surface area contributed by atoms with Crippen LogP contribution in [0.5, 0.6) is 0 Å². The van der Waals surface area contributed by atoms with Crippen LogP contribution in [-0.4, -0.2) is 20.5 Å². The monoisotopic (exact) mass is 294 g/mol. The van der Waals surface area contributed by atoms with E-state index in [1.807, 2.05) is 50.2 Å². The highest BCUT2D eigenvalue weighted by molar-refractivity contribution is 5.91. The zero-order valence-electron chi connectivity index (χ0n) is 12.2. The number of aromatic nitrogens is 2. The predicted molar refractivity (Wildman–Crippen MR) is 82.2 cm³/mol. The number of pyridine rings is 1. The summed E-state index contributed by atoms with van der Waals surface area (Å²) in [7, 11) is 0. The minimum absolute atomic E-state index is 0.106. The van der Waals surface area contributed by atoms with Crippen molar-refractivity contribution in [2.75, 3.05) is 0 Å². The smallest absolute Gasteiger partial charge is 0.358 e. The Bertz CT molecular complexity index is 879. The summed E-state index contributed by atoms with van der Waals surface area (Å²) in [6.07, 6.45) is 0. The summed E-state index contributed by atoms with van der Waals surface area (Å²) in [6.45, 7) is 3.85. The van der Waals surface area contributed by atoms with Gasteiger partial charge in [0.15, 0.2) is 11.5 Å². The number of fused-ring (bicyclic) bond motifs is 1. The maximum Gasteiger partial charge on any atom is 0.358 e. The van der Waals surface area contributed by atoms with Crippen molar-refractivity contribution in [3.8, 4) is 0 Å². The average molecular weight is 294 g/mol. The first-order valence-electron chi connectivity index (χ1n) is 6.76. The number of carbonyl (C=O) groups is 1. The van der Waals surface area contributed by atoms with Crippen molar-refractivity contribution in [2.24, 2.45) is 10.2 Å². The second kappa shape index (κ2) is 5.40. The van der Waals surface area contributed by atoms with E-state index in [4.69, 9.17) is 0 Å². The van der Waals surface area contributed by atoms with Crippen LogP contribution in [0.3, 0.4) is 0 Å². The van der Waals surface area contributed by atoms with Gasteiger partial charge in [-0.2, -0.15) is 0 Å². The van der Waals surface area contributed by atoms with Gasteiger partial charge in [-0.1, -0.05) is 23.8 Å². The molecule has 0 aliphatic carbocycles. The summed E-state index contributed by atoms with van der Waals surface area (Å²) < 4.78 is 1.68. The molecule has 0 aliphatic heterocycles. The van der Waals surface area contributed by atoms with Crippen LogP contribution >= 0.6 is 0 Å². The molecule has 0 saturated heterocycles.